The molecule has 1 N–H and O–H groups in total. The van der Waals surface area contributed by atoms with Crippen LogP contribution in [-0.2, 0) is 17.7 Å². The molecule has 0 amide bonds. The van der Waals surface area contributed by atoms with Crippen molar-refractivity contribution < 1.29 is 4.74 Å². The fraction of sp³-hybridized carbons (Fsp3) is 0.818. The Kier molecular flexibility index (Phi) is 4.89. The minimum Gasteiger partial charge on any atom is -0.383 e. The van der Waals surface area contributed by atoms with Gasteiger partial charge >= 0.3 is 0 Å². The van der Waals surface area contributed by atoms with Gasteiger partial charge in [0.1, 0.15) is 12.2 Å². The van der Waals surface area contributed by atoms with Gasteiger partial charge in [-0.25, -0.2) is 0 Å². The highest BCUT2D eigenvalue weighted by atomic mass is 16.5. The summed E-state index contributed by atoms with van der Waals surface area (Å²) >= 11 is 0. The van der Waals surface area contributed by atoms with Crippen molar-refractivity contribution in [2.24, 2.45) is 0 Å². The van der Waals surface area contributed by atoms with Crippen LogP contribution < -0.4 is 5.32 Å². The van der Waals surface area contributed by atoms with Crippen LogP contribution in [0.1, 0.15) is 26.6 Å². The van der Waals surface area contributed by atoms with Crippen LogP contribution in [0.3, 0.4) is 0 Å². The summed E-state index contributed by atoms with van der Waals surface area (Å²) < 4.78 is 7.07. The average molecular weight is 226 g/mol. The molecule has 92 valence electrons. The highest BCUT2D eigenvalue weighted by Crippen LogP contribution is 2.00. The number of hydrogen-bond donors (Lipinski definition) is 1. The molecule has 0 aliphatic rings. The van der Waals surface area contributed by atoms with Crippen molar-refractivity contribution in [3.05, 3.63) is 12.2 Å². The molecule has 1 heterocycles. The zero-order valence-electron chi connectivity index (χ0n) is 10.7. The van der Waals surface area contributed by atoms with Crippen LogP contribution in [0.15, 0.2) is 6.33 Å². The van der Waals surface area contributed by atoms with Gasteiger partial charge in [0.05, 0.1) is 6.61 Å². The normalized spacial score (nSPS) is 12.0. The first kappa shape index (κ1) is 13.1. The minimum absolute atomic E-state index is 0.150. The Hall–Kier alpha value is -0.940. The number of ether oxygens (including phenoxy) is 1. The Morgan fingerprint density at radius 3 is 2.81 bits per heavy atom. The van der Waals surface area contributed by atoms with Crippen LogP contribution in [0, 0.1) is 0 Å². The van der Waals surface area contributed by atoms with E-state index >= 15 is 0 Å². The van der Waals surface area contributed by atoms with Gasteiger partial charge in [-0.3, -0.25) is 0 Å². The van der Waals surface area contributed by atoms with Crippen LogP contribution in [0.4, 0.5) is 0 Å². The third-order valence-corrected chi connectivity index (χ3v) is 2.24. The fourth-order valence-electron chi connectivity index (χ4n) is 1.40. The average Bonchev–Trinajstić information content (AvgIpc) is 2.60. The lowest BCUT2D eigenvalue weighted by molar-refractivity contribution is 0.186. The quantitative estimate of drug-likeness (QED) is 0.781. The van der Waals surface area contributed by atoms with Crippen molar-refractivity contribution in [2.75, 3.05) is 20.3 Å². The Labute approximate surface area is 97.2 Å². The topological polar surface area (TPSA) is 52.0 Å². The molecule has 5 nitrogen and oxygen atoms in total. The molecule has 0 bridgehead atoms. The highest BCUT2D eigenvalue weighted by molar-refractivity contribution is 4.87. The first-order valence-corrected chi connectivity index (χ1v) is 5.63. The summed E-state index contributed by atoms with van der Waals surface area (Å²) in [5, 5.41) is 11.5. The van der Waals surface area contributed by atoms with Crippen molar-refractivity contribution in [2.45, 2.75) is 39.3 Å². The van der Waals surface area contributed by atoms with Gasteiger partial charge in [-0.1, -0.05) is 0 Å². The molecule has 0 saturated carbocycles. The van der Waals surface area contributed by atoms with E-state index in [-0.39, 0.29) is 5.54 Å². The smallest absolute Gasteiger partial charge is 0.134 e. The van der Waals surface area contributed by atoms with Crippen LogP contribution in [0.5, 0.6) is 0 Å². The predicted octanol–water partition coefficient (Wildman–Crippen LogP) is 0.855. The van der Waals surface area contributed by atoms with Crippen LogP contribution in [-0.4, -0.2) is 40.6 Å². The van der Waals surface area contributed by atoms with E-state index in [1.807, 2.05) is 4.57 Å². The SMILES string of the molecule is COCCn1cnnc1CCNC(C)(C)C. The van der Waals surface area contributed by atoms with Crippen LogP contribution in [0.25, 0.3) is 0 Å². The standard InChI is InChI=1S/C11H22N4O/c1-11(2,3)12-6-5-10-14-13-9-15(10)7-8-16-4/h9,12H,5-8H2,1-4H3. The third-order valence-electron chi connectivity index (χ3n) is 2.24. The Balaban J connectivity index is 2.38. The second-order valence-corrected chi connectivity index (χ2v) is 4.86. The predicted molar refractivity (Wildman–Crippen MR) is 63.4 cm³/mol. The van der Waals surface area contributed by atoms with Gasteiger partial charge in [-0.15, -0.1) is 10.2 Å². The zero-order chi connectivity index (χ0) is 12.0. The lowest BCUT2D eigenvalue weighted by atomic mass is 10.1. The fourth-order valence-corrected chi connectivity index (χ4v) is 1.40. The van der Waals surface area contributed by atoms with Crippen molar-refractivity contribution in [3.8, 4) is 0 Å². The van der Waals surface area contributed by atoms with Gasteiger partial charge in [-0.2, -0.15) is 0 Å². The van der Waals surface area contributed by atoms with Crippen molar-refractivity contribution in [1.82, 2.24) is 20.1 Å². The molecule has 0 atom stereocenters. The van der Waals surface area contributed by atoms with Gasteiger partial charge < -0.3 is 14.6 Å². The summed E-state index contributed by atoms with van der Waals surface area (Å²) in [6, 6.07) is 0. The van der Waals surface area contributed by atoms with Gasteiger partial charge in [-0.05, 0) is 20.8 Å². The maximum atomic E-state index is 5.04. The molecule has 16 heavy (non-hydrogen) atoms. The summed E-state index contributed by atoms with van der Waals surface area (Å²) in [5.41, 5.74) is 0.150. The van der Waals surface area contributed by atoms with Crippen molar-refractivity contribution in [3.63, 3.8) is 0 Å². The zero-order valence-corrected chi connectivity index (χ0v) is 10.7. The Bertz CT molecular complexity index is 303. The minimum atomic E-state index is 0.150. The molecule has 0 radical (unpaired) electrons. The monoisotopic (exact) mass is 226 g/mol. The van der Waals surface area contributed by atoms with Crippen LogP contribution >= 0.6 is 0 Å². The maximum Gasteiger partial charge on any atom is 0.134 e. The number of aromatic nitrogens is 3. The summed E-state index contributed by atoms with van der Waals surface area (Å²) in [4.78, 5) is 0. The summed E-state index contributed by atoms with van der Waals surface area (Å²) in [6.45, 7) is 8.88. The molecule has 1 aromatic rings. The van der Waals surface area contributed by atoms with Gasteiger partial charge in [0, 0.05) is 32.2 Å². The van der Waals surface area contributed by atoms with E-state index in [9.17, 15) is 0 Å². The largest absolute Gasteiger partial charge is 0.383 e. The Morgan fingerprint density at radius 2 is 2.19 bits per heavy atom. The van der Waals surface area contributed by atoms with E-state index in [1.165, 1.54) is 0 Å². The molecule has 0 spiro atoms. The molecule has 0 aliphatic carbocycles. The number of rotatable bonds is 6. The number of nitrogens with zero attached hydrogens (tertiary/aromatic N) is 3. The maximum absolute atomic E-state index is 5.04. The molecule has 0 fully saturated rings. The second-order valence-electron chi connectivity index (χ2n) is 4.86. The molecule has 1 aromatic heterocycles. The molecule has 5 heteroatoms. The van der Waals surface area contributed by atoms with Crippen LogP contribution in [0.2, 0.25) is 0 Å². The summed E-state index contributed by atoms with van der Waals surface area (Å²) in [7, 11) is 1.70. The number of nitrogens with one attached hydrogen (secondary N) is 1. The van der Waals surface area contributed by atoms with E-state index in [4.69, 9.17) is 4.74 Å². The van der Waals surface area contributed by atoms with E-state index in [2.05, 4.69) is 36.3 Å². The van der Waals surface area contributed by atoms with Crippen molar-refractivity contribution in [1.29, 1.82) is 0 Å². The van der Waals surface area contributed by atoms with Gasteiger partial charge in [0.15, 0.2) is 0 Å². The van der Waals surface area contributed by atoms with E-state index in [0.717, 1.165) is 25.3 Å². The van der Waals surface area contributed by atoms with E-state index in [0.29, 0.717) is 6.61 Å². The molecular formula is C11H22N4O. The molecular weight excluding hydrogens is 204 g/mol. The van der Waals surface area contributed by atoms with E-state index in [1.54, 1.807) is 13.4 Å². The molecule has 1 rings (SSSR count). The second kappa shape index (κ2) is 5.96. The third kappa shape index (κ3) is 4.72. The lowest BCUT2D eigenvalue weighted by Gasteiger charge is -2.20. The number of hydrogen-bond acceptors (Lipinski definition) is 4. The molecule has 0 aliphatic heterocycles. The van der Waals surface area contributed by atoms with Gasteiger partial charge in [0.2, 0.25) is 0 Å². The lowest BCUT2D eigenvalue weighted by Crippen LogP contribution is -2.37. The summed E-state index contributed by atoms with van der Waals surface area (Å²) in [6.07, 6.45) is 2.65. The van der Waals surface area contributed by atoms with Gasteiger partial charge in [0.25, 0.3) is 0 Å². The highest BCUT2D eigenvalue weighted by Gasteiger charge is 2.09. The number of methoxy groups -OCH3 is 1. The Morgan fingerprint density at radius 1 is 1.44 bits per heavy atom. The van der Waals surface area contributed by atoms with Crippen molar-refractivity contribution >= 4 is 0 Å². The summed E-state index contributed by atoms with van der Waals surface area (Å²) in [5.74, 6) is 1.01. The molecule has 0 saturated heterocycles. The van der Waals surface area contributed by atoms with E-state index < -0.39 is 0 Å². The molecule has 0 unspecified atom stereocenters. The first-order valence-electron chi connectivity index (χ1n) is 5.63. The first-order chi connectivity index (χ1) is 7.53. The molecule has 0 aromatic carbocycles.